The van der Waals surface area contributed by atoms with Gasteiger partial charge in [0.25, 0.3) is 0 Å². The second kappa shape index (κ2) is 28.2. The van der Waals surface area contributed by atoms with Crippen LogP contribution >= 0.6 is 56.7 Å². The van der Waals surface area contributed by atoms with E-state index in [1.165, 1.54) is 36.3 Å². The number of hydrogen-bond acceptors (Lipinski definition) is 7. The quantitative estimate of drug-likeness (QED) is 0.114. The molecule has 0 bridgehead atoms. The molecule has 0 saturated heterocycles. The van der Waals surface area contributed by atoms with Crippen LogP contribution in [0.1, 0.15) is 103 Å². The molecule has 5 aliphatic carbocycles. The Morgan fingerprint density at radius 1 is 0.276 bits per heavy atom. The van der Waals surface area contributed by atoms with E-state index in [-0.39, 0.29) is 66.3 Å². The summed E-state index contributed by atoms with van der Waals surface area (Å²) in [6, 6.07) is 33.2. The summed E-state index contributed by atoms with van der Waals surface area (Å²) in [4.78, 5) is 0. The van der Waals surface area contributed by atoms with Gasteiger partial charge in [-0.3, -0.25) is 0 Å². The van der Waals surface area contributed by atoms with Crippen LogP contribution in [0.5, 0.6) is 11.5 Å². The zero-order valence-electron chi connectivity index (χ0n) is 56.7. The van der Waals surface area contributed by atoms with E-state index in [0.29, 0.717) is 131 Å². The second-order valence-corrected chi connectivity index (χ2v) is 33.6. The Balaban J connectivity index is 0.000000101. The maximum Gasteiger partial charge on any atom is 0.419 e. The molecule has 0 aliphatic heterocycles. The van der Waals surface area contributed by atoms with Gasteiger partial charge in [-0.05, 0) is 210 Å². The van der Waals surface area contributed by atoms with E-state index in [1.54, 1.807) is 69.3 Å². The van der Waals surface area contributed by atoms with E-state index in [9.17, 15) is 61.5 Å². The van der Waals surface area contributed by atoms with Gasteiger partial charge in [0, 0.05) is 53.9 Å². The van der Waals surface area contributed by atoms with Crippen molar-refractivity contribution >= 4 is 158 Å². The number of rotatable bonds is 12. The molecule has 5 heterocycles. The molecular formula is C84H64F14O2S5. The van der Waals surface area contributed by atoms with Crippen LogP contribution in [0, 0.1) is 114 Å². The lowest BCUT2D eigenvalue weighted by Gasteiger charge is -2.07. The molecular weight excluding hydrogens is 1470 g/mol. The second-order valence-electron chi connectivity index (χ2n) is 28.5. The lowest BCUT2D eigenvalue weighted by molar-refractivity contribution is -0.139. The van der Waals surface area contributed by atoms with Crippen molar-refractivity contribution in [1.82, 2.24) is 0 Å². The molecule has 10 aromatic carbocycles. The molecule has 0 unspecified atom stereocenters. The first-order chi connectivity index (χ1) is 50.5. The molecule has 0 atom stereocenters. The third kappa shape index (κ3) is 14.1. The maximum atomic E-state index is 14.6. The number of thiophene rings is 5. The molecule has 15 aromatic rings. The number of alkyl halides is 3. The highest BCUT2D eigenvalue weighted by molar-refractivity contribution is 7.27. The van der Waals surface area contributed by atoms with Crippen LogP contribution < -0.4 is 9.47 Å². The number of hydrogen-bond donors (Lipinski definition) is 0. The van der Waals surface area contributed by atoms with Gasteiger partial charge in [0.05, 0.1) is 65.8 Å². The van der Waals surface area contributed by atoms with Crippen LogP contribution in [0.3, 0.4) is 0 Å². The van der Waals surface area contributed by atoms with Crippen molar-refractivity contribution in [3.63, 3.8) is 0 Å². The van der Waals surface area contributed by atoms with Gasteiger partial charge in [0.2, 0.25) is 0 Å². The summed E-state index contributed by atoms with van der Waals surface area (Å²) in [5.41, 5.74) is 2.50. The van der Waals surface area contributed by atoms with Gasteiger partial charge in [-0.25, -0.2) is 48.3 Å². The van der Waals surface area contributed by atoms with Gasteiger partial charge >= 0.3 is 6.18 Å². The highest BCUT2D eigenvalue weighted by Crippen LogP contribution is 2.48. The van der Waals surface area contributed by atoms with Crippen LogP contribution in [0.4, 0.5) is 61.5 Å². The maximum absolute atomic E-state index is 14.6. The van der Waals surface area contributed by atoms with Crippen molar-refractivity contribution in [3.8, 4) is 11.5 Å². The standard InChI is InChI=1S/C17H11F5S.2C17H14F2OS.C17H14F2S.C16H11F3S/c18-13-9(7-8-1-2-8)3-4-10-11-5-6-12(17(20,21)22)14(19)16(11)23-15(10)13;2*1-9-2-5-11-12-6-7-13(20-8-10-3-4-10)15(19)17(12)21-16(11)14(9)18;1-9-2-6-12-13-7-5-11(8-10-3-4-10)15(19)17(13)20-16(12)14(9)18;17-12-6-5-11-10-4-3-9(7-8-1-2-8)13(18)15(10)20-16(11)14(12)19/h3-6,8H,1-2,7H2;2*2,5-7,10H,3-4,8H2,1H3;2,5-7,10H,3-4,8H2,1H3;3-6,8H,1-2,7H2. The van der Waals surface area contributed by atoms with E-state index < -0.39 is 35.0 Å². The van der Waals surface area contributed by atoms with E-state index in [0.717, 1.165) is 160 Å². The minimum atomic E-state index is -4.76. The van der Waals surface area contributed by atoms with Crippen molar-refractivity contribution in [2.24, 2.45) is 29.6 Å². The van der Waals surface area contributed by atoms with Crippen molar-refractivity contribution in [2.75, 3.05) is 13.2 Å². The average molecular weight is 1530 g/mol. The fraction of sp³-hybridized carbons (Fsp3) is 0.286. The molecule has 0 spiro atoms. The van der Waals surface area contributed by atoms with Gasteiger partial charge in [-0.15, -0.1) is 56.7 Å². The largest absolute Gasteiger partial charge is 0.490 e. The summed E-state index contributed by atoms with van der Waals surface area (Å²) < 4.78 is 210. The third-order valence-corrected chi connectivity index (χ3v) is 26.4. The van der Waals surface area contributed by atoms with Crippen LogP contribution in [0.15, 0.2) is 121 Å². The predicted molar refractivity (Wildman–Crippen MR) is 401 cm³/mol. The molecule has 540 valence electrons. The minimum Gasteiger partial charge on any atom is -0.490 e. The molecule has 5 saturated carbocycles. The highest BCUT2D eigenvalue weighted by Gasteiger charge is 2.36. The predicted octanol–water partition coefficient (Wildman–Crippen LogP) is 28.2. The SMILES string of the molecule is Cc1ccc2c(sc3c(F)c(CC4CC4)ccc32)c1F.Cc1ccc2c(sc3c(F)c(OCC4CC4)ccc32)c1F.Cc1ccc2c(sc3c(F)c(OCC4CC4)ccc32)c1F.Fc1c(CC2CC2)ccc2c1sc1c(F)c(C(F)(F)F)ccc12.Fc1ccc2c(sc3c(F)c(CC4CC4)ccc32)c1F. The van der Waals surface area contributed by atoms with Gasteiger partial charge in [-0.1, -0.05) is 78.9 Å². The lowest BCUT2D eigenvalue weighted by Crippen LogP contribution is -2.07. The highest BCUT2D eigenvalue weighted by atomic mass is 32.1. The zero-order valence-corrected chi connectivity index (χ0v) is 60.8. The molecule has 0 radical (unpaired) electrons. The van der Waals surface area contributed by atoms with Crippen molar-refractivity contribution in [2.45, 2.75) is 110 Å². The van der Waals surface area contributed by atoms with Gasteiger partial charge in [0.15, 0.2) is 40.6 Å². The molecule has 0 N–H and O–H groups in total. The molecule has 5 fully saturated rings. The topological polar surface area (TPSA) is 18.5 Å². The fourth-order valence-corrected chi connectivity index (χ4v) is 19.4. The Kier molecular flexibility index (Phi) is 19.2. The molecule has 105 heavy (non-hydrogen) atoms. The van der Waals surface area contributed by atoms with Crippen LogP contribution in [0.25, 0.3) is 101 Å². The summed E-state index contributed by atoms with van der Waals surface area (Å²) in [6.45, 7) is 6.33. The van der Waals surface area contributed by atoms with Crippen molar-refractivity contribution < 1.29 is 70.9 Å². The minimum absolute atomic E-state index is 0.141. The number of benzene rings is 10. The lowest BCUT2D eigenvalue weighted by atomic mass is 10.0. The number of halogens is 14. The van der Waals surface area contributed by atoms with E-state index in [1.807, 2.05) is 48.5 Å². The normalized spacial score (nSPS) is 15.3. The summed E-state index contributed by atoms with van der Waals surface area (Å²) >= 11 is 5.32. The number of fused-ring (bicyclic) bond motifs is 15. The first kappa shape index (κ1) is 71.2. The molecule has 21 heteroatoms. The monoisotopic (exact) mass is 1530 g/mol. The van der Waals surface area contributed by atoms with Gasteiger partial charge in [-0.2, -0.15) is 13.2 Å². The van der Waals surface area contributed by atoms with Crippen LogP contribution in [0.2, 0.25) is 0 Å². The summed E-state index contributed by atoms with van der Waals surface area (Å²) in [6.07, 6.45) is 8.97. The fourth-order valence-electron chi connectivity index (χ4n) is 13.3. The third-order valence-electron chi connectivity index (χ3n) is 20.4. The number of aryl methyl sites for hydroxylation is 3. The first-order valence-corrected chi connectivity index (χ1v) is 39.0. The Morgan fingerprint density at radius 2 is 0.524 bits per heavy atom. The average Bonchev–Trinajstić information content (AvgIpc) is 1.63. The van der Waals surface area contributed by atoms with E-state index in [4.69, 9.17) is 9.47 Å². The molecule has 2 nitrogen and oxygen atoms in total. The molecule has 5 aliphatic rings. The Hall–Kier alpha value is -8.08. The van der Waals surface area contributed by atoms with Crippen LogP contribution in [-0.4, -0.2) is 13.2 Å². The summed E-state index contributed by atoms with van der Waals surface area (Å²) in [7, 11) is 0. The molecule has 20 rings (SSSR count). The van der Waals surface area contributed by atoms with E-state index in [2.05, 4.69) is 0 Å². The molecule has 0 amide bonds. The smallest absolute Gasteiger partial charge is 0.419 e. The number of ether oxygens (including phenoxy) is 2. The Morgan fingerprint density at radius 3 is 0.829 bits per heavy atom. The zero-order chi connectivity index (χ0) is 73.2. The Bertz CT molecular complexity index is 5680. The van der Waals surface area contributed by atoms with Crippen LogP contribution in [-0.2, 0) is 25.4 Å². The first-order valence-electron chi connectivity index (χ1n) is 35.0. The summed E-state index contributed by atoms with van der Waals surface area (Å²) in [5.74, 6) is -1.97. The van der Waals surface area contributed by atoms with Crippen molar-refractivity contribution in [3.05, 3.63) is 224 Å². The van der Waals surface area contributed by atoms with Crippen molar-refractivity contribution in [1.29, 1.82) is 0 Å². The molecule has 5 aromatic heterocycles. The van der Waals surface area contributed by atoms with Gasteiger partial charge in [0.1, 0.15) is 34.9 Å². The van der Waals surface area contributed by atoms with E-state index >= 15 is 0 Å². The summed E-state index contributed by atoms with van der Waals surface area (Å²) in [5, 5.41) is 6.75. The van der Waals surface area contributed by atoms with Gasteiger partial charge < -0.3 is 9.47 Å². The Labute approximate surface area is 613 Å².